The maximum absolute atomic E-state index is 13.1. The monoisotopic (exact) mass is 476 g/mol. The van der Waals surface area contributed by atoms with Crippen molar-refractivity contribution >= 4 is 27.7 Å². The summed E-state index contributed by atoms with van der Waals surface area (Å²) in [5.41, 5.74) is -0.298. The molecule has 0 bridgehead atoms. The van der Waals surface area contributed by atoms with E-state index in [1.165, 1.54) is 40.4 Å². The van der Waals surface area contributed by atoms with Gasteiger partial charge in [0.05, 0.1) is 11.6 Å². The molecule has 33 heavy (non-hydrogen) atoms. The van der Waals surface area contributed by atoms with Crippen LogP contribution in [0.2, 0.25) is 0 Å². The van der Waals surface area contributed by atoms with E-state index in [-0.39, 0.29) is 42.4 Å². The minimum absolute atomic E-state index is 0.117. The van der Waals surface area contributed by atoms with Gasteiger partial charge in [-0.25, -0.2) is 18.1 Å². The lowest BCUT2D eigenvalue weighted by atomic mass is 9.75. The Labute approximate surface area is 195 Å². The first-order valence-corrected chi connectivity index (χ1v) is 13.1. The summed E-state index contributed by atoms with van der Waals surface area (Å²) in [4.78, 5) is 40.6. The standard InChI is InChI=1S/C23H32N4O5S/c1-3-18-8-10-23(11-9-18)21(29)27(22(30)24-23)16-25-12-14-26(15-13-25)33(31,32)20-6-4-19(5-7-20)17(2)28/h4-7,18H,3,8-16H2,1-2H3,(H,24,30). The molecule has 0 atom stereocenters. The number of amides is 3. The minimum Gasteiger partial charge on any atom is -0.323 e. The Hall–Kier alpha value is -2.30. The Balaban J connectivity index is 1.35. The van der Waals surface area contributed by atoms with Gasteiger partial charge in [-0.2, -0.15) is 4.31 Å². The van der Waals surface area contributed by atoms with Crippen molar-refractivity contribution < 1.29 is 22.8 Å². The number of hydrogen-bond donors (Lipinski definition) is 1. The van der Waals surface area contributed by atoms with Gasteiger partial charge in [-0.1, -0.05) is 25.5 Å². The molecule has 1 saturated carbocycles. The van der Waals surface area contributed by atoms with Crippen LogP contribution in [0.4, 0.5) is 4.79 Å². The van der Waals surface area contributed by atoms with Gasteiger partial charge >= 0.3 is 6.03 Å². The van der Waals surface area contributed by atoms with E-state index in [1.54, 1.807) is 0 Å². The van der Waals surface area contributed by atoms with Crippen molar-refractivity contribution in [3.63, 3.8) is 0 Å². The predicted octanol–water partition coefficient (Wildman–Crippen LogP) is 2.04. The van der Waals surface area contributed by atoms with Crippen molar-refractivity contribution in [2.75, 3.05) is 32.8 Å². The van der Waals surface area contributed by atoms with Gasteiger partial charge in [-0.05, 0) is 50.7 Å². The van der Waals surface area contributed by atoms with Gasteiger partial charge in [-0.15, -0.1) is 0 Å². The first-order chi connectivity index (χ1) is 15.7. The molecule has 3 aliphatic rings. The zero-order valence-electron chi connectivity index (χ0n) is 19.2. The van der Waals surface area contributed by atoms with Crippen LogP contribution in [0.5, 0.6) is 0 Å². The molecule has 1 aromatic rings. The van der Waals surface area contributed by atoms with E-state index in [1.807, 2.05) is 4.90 Å². The molecule has 0 radical (unpaired) electrons. The lowest BCUT2D eigenvalue weighted by molar-refractivity contribution is -0.134. The van der Waals surface area contributed by atoms with Crippen molar-refractivity contribution in [3.05, 3.63) is 29.8 Å². The Morgan fingerprint density at radius 3 is 2.21 bits per heavy atom. The van der Waals surface area contributed by atoms with E-state index in [0.29, 0.717) is 37.4 Å². The summed E-state index contributed by atoms with van der Waals surface area (Å²) in [6.45, 7) is 5.15. The lowest BCUT2D eigenvalue weighted by Crippen LogP contribution is -2.53. The molecular weight excluding hydrogens is 444 g/mol. The third-order valence-electron chi connectivity index (χ3n) is 7.35. The van der Waals surface area contributed by atoms with E-state index in [4.69, 9.17) is 0 Å². The molecule has 2 heterocycles. The van der Waals surface area contributed by atoms with Gasteiger partial charge in [0.1, 0.15) is 5.54 Å². The van der Waals surface area contributed by atoms with E-state index in [2.05, 4.69) is 12.2 Å². The zero-order valence-corrected chi connectivity index (χ0v) is 20.1. The molecule has 1 spiro atoms. The Bertz CT molecular complexity index is 1020. The van der Waals surface area contributed by atoms with Crippen LogP contribution in [0.1, 0.15) is 56.3 Å². The topological polar surface area (TPSA) is 107 Å². The fourth-order valence-corrected chi connectivity index (χ4v) is 6.47. The van der Waals surface area contributed by atoms with Crippen LogP contribution >= 0.6 is 0 Å². The SMILES string of the molecule is CCC1CCC2(CC1)NC(=O)N(CN1CCN(S(=O)(=O)c3ccc(C(C)=O)cc3)CC1)C2=O. The van der Waals surface area contributed by atoms with Gasteiger partial charge in [0.25, 0.3) is 5.91 Å². The molecule has 2 saturated heterocycles. The molecular formula is C23H32N4O5S. The van der Waals surface area contributed by atoms with E-state index in [9.17, 15) is 22.8 Å². The second-order valence-electron chi connectivity index (χ2n) is 9.34. The van der Waals surface area contributed by atoms with Crippen LogP contribution in [0.15, 0.2) is 29.2 Å². The van der Waals surface area contributed by atoms with Gasteiger partial charge in [-0.3, -0.25) is 14.5 Å². The number of piperazine rings is 1. The number of imide groups is 1. The number of benzene rings is 1. The predicted molar refractivity (Wildman–Crippen MR) is 122 cm³/mol. The smallest absolute Gasteiger partial charge is 0.323 e. The fourth-order valence-electron chi connectivity index (χ4n) is 5.04. The van der Waals surface area contributed by atoms with Crippen LogP contribution in [-0.2, 0) is 14.8 Å². The Morgan fingerprint density at radius 2 is 1.67 bits per heavy atom. The average molecular weight is 477 g/mol. The number of nitrogens with zero attached hydrogens (tertiary/aromatic N) is 3. The molecule has 0 unspecified atom stereocenters. The molecule has 4 rings (SSSR count). The second-order valence-corrected chi connectivity index (χ2v) is 11.3. The Kier molecular flexibility index (Phi) is 6.61. The van der Waals surface area contributed by atoms with Crippen molar-refractivity contribution in [2.45, 2.75) is 56.4 Å². The molecule has 3 amide bonds. The number of nitrogens with one attached hydrogen (secondary N) is 1. The number of carbonyl (C=O) groups is 3. The highest BCUT2D eigenvalue weighted by atomic mass is 32.2. The van der Waals surface area contributed by atoms with Gasteiger partial charge < -0.3 is 5.32 Å². The van der Waals surface area contributed by atoms with Gasteiger partial charge in [0, 0.05) is 31.7 Å². The van der Waals surface area contributed by atoms with Crippen molar-refractivity contribution in [2.24, 2.45) is 5.92 Å². The van der Waals surface area contributed by atoms with Crippen LogP contribution in [0.3, 0.4) is 0 Å². The van der Waals surface area contributed by atoms with Gasteiger partial charge in [0.2, 0.25) is 10.0 Å². The van der Waals surface area contributed by atoms with E-state index < -0.39 is 15.6 Å². The fraction of sp³-hybridized carbons (Fsp3) is 0.609. The summed E-state index contributed by atoms with van der Waals surface area (Å²) in [6, 6.07) is 5.60. The summed E-state index contributed by atoms with van der Waals surface area (Å²) < 4.78 is 27.4. The minimum atomic E-state index is -3.67. The number of ketones is 1. The van der Waals surface area contributed by atoms with Crippen molar-refractivity contribution in [3.8, 4) is 0 Å². The maximum atomic E-state index is 13.1. The van der Waals surface area contributed by atoms with Crippen LogP contribution in [0, 0.1) is 5.92 Å². The van der Waals surface area contributed by atoms with Gasteiger partial charge in [0.15, 0.2) is 5.78 Å². The van der Waals surface area contributed by atoms with Crippen LogP contribution < -0.4 is 5.32 Å². The third-order valence-corrected chi connectivity index (χ3v) is 9.27. The maximum Gasteiger partial charge on any atom is 0.326 e. The first-order valence-electron chi connectivity index (χ1n) is 11.6. The molecule has 10 heteroatoms. The summed E-state index contributed by atoms with van der Waals surface area (Å²) in [6.07, 6.45) is 4.35. The summed E-state index contributed by atoms with van der Waals surface area (Å²) in [5.74, 6) is 0.346. The summed E-state index contributed by atoms with van der Waals surface area (Å²) in [5, 5.41) is 2.95. The normalized spacial score (nSPS) is 27.2. The number of Topliss-reactive ketones (excluding diaryl/α,β-unsaturated/α-hetero) is 1. The molecule has 1 N–H and O–H groups in total. The Morgan fingerprint density at radius 1 is 1.06 bits per heavy atom. The summed E-state index contributed by atoms with van der Waals surface area (Å²) >= 11 is 0. The molecule has 9 nitrogen and oxygen atoms in total. The summed E-state index contributed by atoms with van der Waals surface area (Å²) in [7, 11) is -3.67. The third kappa shape index (κ3) is 4.56. The van der Waals surface area contributed by atoms with Crippen molar-refractivity contribution in [1.82, 2.24) is 19.4 Å². The largest absolute Gasteiger partial charge is 0.326 e. The van der Waals surface area contributed by atoms with Crippen LogP contribution in [0.25, 0.3) is 0 Å². The highest BCUT2D eigenvalue weighted by Crippen LogP contribution is 2.37. The number of rotatable bonds is 6. The average Bonchev–Trinajstić information content (AvgIpc) is 3.04. The number of carbonyl (C=O) groups excluding carboxylic acids is 3. The number of hydrogen-bond acceptors (Lipinski definition) is 6. The molecule has 180 valence electrons. The quantitative estimate of drug-likeness (QED) is 0.497. The first kappa shape index (κ1) is 23.8. The van der Waals surface area contributed by atoms with Crippen LogP contribution in [-0.4, -0.2) is 78.6 Å². The lowest BCUT2D eigenvalue weighted by Gasteiger charge is -2.36. The molecule has 1 aromatic carbocycles. The van der Waals surface area contributed by atoms with Crippen molar-refractivity contribution in [1.29, 1.82) is 0 Å². The second kappa shape index (κ2) is 9.15. The molecule has 1 aliphatic carbocycles. The molecule has 3 fully saturated rings. The van der Waals surface area contributed by atoms with E-state index >= 15 is 0 Å². The molecule has 2 aliphatic heterocycles. The highest BCUT2D eigenvalue weighted by Gasteiger charge is 2.52. The number of urea groups is 1. The zero-order chi connectivity index (χ0) is 23.8. The highest BCUT2D eigenvalue weighted by molar-refractivity contribution is 7.89. The van der Waals surface area contributed by atoms with E-state index in [0.717, 1.165) is 19.3 Å². The molecule has 0 aromatic heterocycles. The number of sulfonamides is 1.